The third-order valence-corrected chi connectivity index (χ3v) is 4.46. The normalized spacial score (nSPS) is 10.3. The second-order valence-electron chi connectivity index (χ2n) is 6.67. The van der Waals surface area contributed by atoms with Crippen molar-refractivity contribution in [2.45, 2.75) is 13.5 Å². The van der Waals surface area contributed by atoms with Crippen LogP contribution in [0.2, 0.25) is 5.02 Å². The van der Waals surface area contributed by atoms with Crippen molar-refractivity contribution in [2.24, 2.45) is 0 Å². The van der Waals surface area contributed by atoms with Gasteiger partial charge < -0.3 is 20.1 Å². The van der Waals surface area contributed by atoms with Gasteiger partial charge in [-0.3, -0.25) is 9.59 Å². The standard InChI is InChI=1S/C24H23ClN2O4/c1-2-26-23(28)16-31-22-11-5-9-20(14-22)27-24(29)18-7-4-10-21(13-18)30-15-17-6-3-8-19(25)12-17/h3-14H,2,15-16H2,1H3,(H,26,28)(H,27,29). The van der Waals surface area contributed by atoms with Crippen LogP contribution in [0.25, 0.3) is 0 Å². The summed E-state index contributed by atoms with van der Waals surface area (Å²) in [7, 11) is 0. The predicted octanol–water partition coefficient (Wildman–Crippen LogP) is 4.69. The Morgan fingerprint density at radius 1 is 0.903 bits per heavy atom. The number of hydrogen-bond donors (Lipinski definition) is 2. The van der Waals surface area contributed by atoms with E-state index in [0.717, 1.165) is 5.56 Å². The number of carbonyl (C=O) groups is 2. The summed E-state index contributed by atoms with van der Waals surface area (Å²) in [5, 5.41) is 6.13. The molecule has 0 radical (unpaired) electrons. The average Bonchev–Trinajstić information content (AvgIpc) is 2.77. The van der Waals surface area contributed by atoms with Gasteiger partial charge in [-0.1, -0.05) is 35.9 Å². The molecule has 0 heterocycles. The molecule has 2 amide bonds. The lowest BCUT2D eigenvalue weighted by Gasteiger charge is -2.11. The fourth-order valence-corrected chi connectivity index (χ4v) is 3.00. The Kier molecular flexibility index (Phi) is 7.90. The molecule has 0 atom stereocenters. The highest BCUT2D eigenvalue weighted by Gasteiger charge is 2.09. The van der Waals surface area contributed by atoms with Crippen molar-refractivity contribution < 1.29 is 19.1 Å². The minimum atomic E-state index is -0.283. The number of benzene rings is 3. The van der Waals surface area contributed by atoms with Crippen molar-refractivity contribution in [3.63, 3.8) is 0 Å². The second-order valence-corrected chi connectivity index (χ2v) is 7.11. The van der Waals surface area contributed by atoms with Crippen LogP contribution < -0.4 is 20.1 Å². The number of ether oxygens (including phenoxy) is 2. The summed E-state index contributed by atoms with van der Waals surface area (Å²) in [6.45, 7) is 2.64. The third kappa shape index (κ3) is 7.04. The van der Waals surface area contributed by atoms with E-state index in [1.807, 2.05) is 25.1 Å². The molecule has 0 aliphatic rings. The number of hydrogen-bond acceptors (Lipinski definition) is 4. The molecule has 3 aromatic rings. The van der Waals surface area contributed by atoms with Crippen LogP contribution in [0.4, 0.5) is 5.69 Å². The molecule has 6 nitrogen and oxygen atoms in total. The summed E-state index contributed by atoms with van der Waals surface area (Å²) in [6.07, 6.45) is 0. The van der Waals surface area contributed by atoms with Gasteiger partial charge in [0.15, 0.2) is 6.61 Å². The van der Waals surface area contributed by atoms with Gasteiger partial charge in [-0.05, 0) is 55.0 Å². The maximum absolute atomic E-state index is 12.7. The first-order valence-electron chi connectivity index (χ1n) is 9.81. The highest BCUT2D eigenvalue weighted by Crippen LogP contribution is 2.20. The Morgan fingerprint density at radius 3 is 2.42 bits per heavy atom. The van der Waals surface area contributed by atoms with Crippen molar-refractivity contribution in [1.29, 1.82) is 0 Å². The van der Waals surface area contributed by atoms with E-state index >= 15 is 0 Å². The van der Waals surface area contributed by atoms with E-state index in [9.17, 15) is 9.59 Å². The lowest BCUT2D eigenvalue weighted by atomic mass is 10.2. The molecule has 0 aromatic heterocycles. The van der Waals surface area contributed by atoms with Crippen molar-refractivity contribution in [1.82, 2.24) is 5.32 Å². The van der Waals surface area contributed by atoms with Gasteiger partial charge in [0.25, 0.3) is 11.8 Å². The fraction of sp³-hybridized carbons (Fsp3) is 0.167. The zero-order chi connectivity index (χ0) is 22.1. The van der Waals surface area contributed by atoms with Crippen LogP contribution in [-0.4, -0.2) is 25.0 Å². The molecule has 7 heteroatoms. The van der Waals surface area contributed by atoms with Crippen LogP contribution in [0.15, 0.2) is 72.8 Å². The SMILES string of the molecule is CCNC(=O)COc1cccc(NC(=O)c2cccc(OCc3cccc(Cl)c3)c2)c1. The van der Waals surface area contributed by atoms with Gasteiger partial charge in [0.2, 0.25) is 0 Å². The minimum absolute atomic E-state index is 0.0861. The van der Waals surface area contributed by atoms with E-state index < -0.39 is 0 Å². The number of nitrogens with one attached hydrogen (secondary N) is 2. The summed E-state index contributed by atoms with van der Waals surface area (Å²) >= 11 is 5.99. The molecule has 3 aromatic carbocycles. The van der Waals surface area contributed by atoms with E-state index in [4.69, 9.17) is 21.1 Å². The zero-order valence-electron chi connectivity index (χ0n) is 17.1. The summed E-state index contributed by atoms with van der Waals surface area (Å²) in [5.41, 5.74) is 1.95. The van der Waals surface area contributed by atoms with Gasteiger partial charge in [0.1, 0.15) is 18.1 Å². The van der Waals surface area contributed by atoms with Gasteiger partial charge in [0.05, 0.1) is 0 Å². The van der Waals surface area contributed by atoms with Gasteiger partial charge >= 0.3 is 0 Å². The molecule has 0 aliphatic heterocycles. The third-order valence-electron chi connectivity index (χ3n) is 4.23. The summed E-state index contributed by atoms with van der Waals surface area (Å²) in [6, 6.07) is 21.2. The van der Waals surface area contributed by atoms with Crippen LogP contribution in [0, 0.1) is 0 Å². The maximum atomic E-state index is 12.7. The Labute approximate surface area is 186 Å². The highest BCUT2D eigenvalue weighted by atomic mass is 35.5. The van der Waals surface area contributed by atoms with Gasteiger partial charge in [0, 0.05) is 28.9 Å². The van der Waals surface area contributed by atoms with E-state index in [1.165, 1.54) is 0 Å². The summed E-state index contributed by atoms with van der Waals surface area (Å²) in [4.78, 5) is 24.2. The fourth-order valence-electron chi connectivity index (χ4n) is 2.78. The van der Waals surface area contributed by atoms with Crippen LogP contribution in [0.5, 0.6) is 11.5 Å². The van der Waals surface area contributed by atoms with Gasteiger partial charge in [-0.25, -0.2) is 0 Å². The number of halogens is 1. The largest absolute Gasteiger partial charge is 0.489 e. The molecular weight excluding hydrogens is 416 g/mol. The Hall–Kier alpha value is -3.51. The van der Waals surface area contributed by atoms with E-state index in [1.54, 1.807) is 54.6 Å². The van der Waals surface area contributed by atoms with E-state index in [-0.39, 0.29) is 18.4 Å². The first kappa shape index (κ1) is 22.2. The van der Waals surface area contributed by atoms with E-state index in [2.05, 4.69) is 10.6 Å². The van der Waals surface area contributed by atoms with Crippen molar-refractivity contribution in [3.8, 4) is 11.5 Å². The average molecular weight is 439 g/mol. The first-order chi connectivity index (χ1) is 15.0. The molecule has 160 valence electrons. The van der Waals surface area contributed by atoms with Crippen LogP contribution in [0.3, 0.4) is 0 Å². The summed E-state index contributed by atoms with van der Waals surface area (Å²) in [5.74, 6) is 0.579. The number of rotatable bonds is 9. The topological polar surface area (TPSA) is 76.7 Å². The molecule has 0 saturated carbocycles. The molecular formula is C24H23ClN2O4. The Morgan fingerprint density at radius 2 is 1.65 bits per heavy atom. The Balaban J connectivity index is 1.59. The molecule has 0 fully saturated rings. The van der Waals surface area contributed by atoms with Gasteiger partial charge in [-0.2, -0.15) is 0 Å². The monoisotopic (exact) mass is 438 g/mol. The molecule has 0 unspecified atom stereocenters. The number of likely N-dealkylation sites (N-methyl/N-ethyl adjacent to an activating group) is 1. The first-order valence-corrected chi connectivity index (χ1v) is 10.2. The minimum Gasteiger partial charge on any atom is -0.489 e. The van der Waals surface area contributed by atoms with Crippen LogP contribution >= 0.6 is 11.6 Å². The van der Waals surface area contributed by atoms with Crippen molar-refractivity contribution in [2.75, 3.05) is 18.5 Å². The summed E-state index contributed by atoms with van der Waals surface area (Å²) < 4.78 is 11.2. The van der Waals surface area contributed by atoms with E-state index in [0.29, 0.717) is 40.9 Å². The van der Waals surface area contributed by atoms with Crippen molar-refractivity contribution >= 4 is 29.1 Å². The van der Waals surface area contributed by atoms with Crippen LogP contribution in [0.1, 0.15) is 22.8 Å². The Bertz CT molecular complexity index is 1060. The number of amides is 2. The molecule has 31 heavy (non-hydrogen) atoms. The number of anilines is 1. The molecule has 2 N–H and O–H groups in total. The van der Waals surface area contributed by atoms with Crippen molar-refractivity contribution in [3.05, 3.63) is 88.9 Å². The molecule has 0 bridgehead atoms. The number of carbonyl (C=O) groups excluding carboxylic acids is 2. The smallest absolute Gasteiger partial charge is 0.257 e. The molecule has 3 rings (SSSR count). The quantitative estimate of drug-likeness (QED) is 0.508. The lowest BCUT2D eigenvalue weighted by Crippen LogP contribution is -2.28. The maximum Gasteiger partial charge on any atom is 0.257 e. The molecule has 0 spiro atoms. The molecule has 0 aliphatic carbocycles. The van der Waals surface area contributed by atoms with Crippen LogP contribution in [-0.2, 0) is 11.4 Å². The highest BCUT2D eigenvalue weighted by molar-refractivity contribution is 6.30. The van der Waals surface area contributed by atoms with Gasteiger partial charge in [-0.15, -0.1) is 0 Å². The zero-order valence-corrected chi connectivity index (χ0v) is 17.8. The predicted molar refractivity (Wildman–Crippen MR) is 121 cm³/mol. The second kappa shape index (κ2) is 11.0. The lowest BCUT2D eigenvalue weighted by molar-refractivity contribution is -0.122. The molecule has 0 saturated heterocycles.